The van der Waals surface area contributed by atoms with Crippen molar-refractivity contribution in [1.29, 1.82) is 0 Å². The lowest BCUT2D eigenvalue weighted by Crippen LogP contribution is -2.00. The van der Waals surface area contributed by atoms with E-state index in [1.165, 1.54) is 0 Å². The molecule has 0 saturated heterocycles. The smallest absolute Gasteiger partial charge is 0.307 e. The van der Waals surface area contributed by atoms with Gasteiger partial charge in [-0.15, -0.1) is 0 Å². The molecule has 0 spiro atoms. The van der Waals surface area contributed by atoms with E-state index in [0.29, 0.717) is 0 Å². The number of halogens is 2. The van der Waals surface area contributed by atoms with Crippen LogP contribution in [-0.2, 0) is 0 Å². The van der Waals surface area contributed by atoms with Crippen molar-refractivity contribution in [1.82, 2.24) is 0 Å². The van der Waals surface area contributed by atoms with Crippen molar-refractivity contribution in [3.63, 3.8) is 0 Å². The molecule has 2 N–H and O–H groups in total. The van der Waals surface area contributed by atoms with E-state index in [2.05, 4.69) is 0 Å². The highest BCUT2D eigenvalue weighted by molar-refractivity contribution is 6.33. The van der Waals surface area contributed by atoms with Crippen molar-refractivity contribution >= 4 is 11.9 Å². The third kappa shape index (κ3) is 1.50. The van der Waals surface area contributed by atoms with E-state index in [4.69, 9.17) is 10.4 Å². The molecule has 4 nitrogen and oxygen atoms in total. The fraction of sp³-hybridized carbons (Fsp3) is 0. The maximum atomic E-state index is 11.4. The van der Waals surface area contributed by atoms with Crippen LogP contribution in [0.4, 0.5) is 8.78 Å². The third-order valence-electron chi connectivity index (χ3n) is 0.346. The van der Waals surface area contributed by atoms with E-state index in [1.54, 1.807) is 10.3 Å². The Morgan fingerprint density at radius 3 is 1.38 bits per heavy atom. The van der Waals surface area contributed by atoms with Crippen LogP contribution in [0.25, 0.3) is 0 Å². The summed E-state index contributed by atoms with van der Waals surface area (Å²) in [6.45, 7) is 0. The van der Waals surface area contributed by atoms with Gasteiger partial charge in [0, 0.05) is 0 Å². The molecular formula is C2H2F2N2O2. The normalized spacial score (nSPS) is 14.2. The molecule has 0 fully saturated rings. The minimum Gasteiger partial charge on any atom is -0.408 e. The van der Waals surface area contributed by atoms with Crippen LogP contribution in [0.2, 0.25) is 0 Å². The van der Waals surface area contributed by atoms with Crippen molar-refractivity contribution < 1.29 is 19.2 Å². The molecule has 0 aromatic carbocycles. The Labute approximate surface area is 42.7 Å². The number of nitrogens with zero attached hydrogens (tertiary/aromatic N) is 2. The van der Waals surface area contributed by atoms with Crippen molar-refractivity contribution in [2.75, 3.05) is 0 Å². The Morgan fingerprint density at radius 1 is 1.00 bits per heavy atom. The molecule has 0 radical (unpaired) electrons. The number of hydrogen-bond acceptors (Lipinski definition) is 4. The first-order valence-electron chi connectivity index (χ1n) is 1.48. The quantitative estimate of drug-likeness (QED) is 0.303. The zero-order valence-electron chi connectivity index (χ0n) is 3.54. The number of hydrogen-bond donors (Lipinski definition) is 2. The molecule has 0 aliphatic carbocycles. The van der Waals surface area contributed by atoms with Gasteiger partial charge in [0.05, 0.1) is 0 Å². The molecule has 0 atom stereocenters. The number of oxime groups is 2. The Bertz CT molecular complexity index is 116. The maximum absolute atomic E-state index is 11.4. The van der Waals surface area contributed by atoms with Gasteiger partial charge >= 0.3 is 11.9 Å². The Balaban J connectivity index is 4.04. The molecule has 0 aliphatic rings. The first-order valence-corrected chi connectivity index (χ1v) is 1.48. The lowest BCUT2D eigenvalue weighted by molar-refractivity contribution is 0.303. The molecule has 0 aromatic rings. The molecule has 0 rings (SSSR count). The van der Waals surface area contributed by atoms with E-state index >= 15 is 0 Å². The Kier molecular flexibility index (Phi) is 2.46. The van der Waals surface area contributed by atoms with Crippen molar-refractivity contribution in [2.45, 2.75) is 0 Å². The van der Waals surface area contributed by atoms with E-state index in [1.807, 2.05) is 0 Å². The lowest BCUT2D eigenvalue weighted by atomic mass is 10.7. The van der Waals surface area contributed by atoms with Crippen LogP contribution in [-0.4, -0.2) is 22.3 Å². The Hall–Kier alpha value is -1.20. The number of rotatable bonds is 1. The highest BCUT2D eigenvalue weighted by Crippen LogP contribution is 1.85. The largest absolute Gasteiger partial charge is 0.408 e. The second kappa shape index (κ2) is 2.89. The van der Waals surface area contributed by atoms with Crippen molar-refractivity contribution in [3.05, 3.63) is 0 Å². The molecule has 8 heavy (non-hydrogen) atoms. The summed E-state index contributed by atoms with van der Waals surface area (Å²) in [5.74, 6) is -3.71. The first kappa shape index (κ1) is 6.80. The average Bonchev–Trinajstić information content (AvgIpc) is 1.84. The van der Waals surface area contributed by atoms with Gasteiger partial charge in [-0.25, -0.2) is 0 Å². The predicted octanol–water partition coefficient (Wildman–Crippen LogP) is 0.501. The van der Waals surface area contributed by atoms with Crippen molar-refractivity contribution in [3.8, 4) is 0 Å². The van der Waals surface area contributed by atoms with Gasteiger partial charge in [0.1, 0.15) is 0 Å². The van der Waals surface area contributed by atoms with Crippen LogP contribution >= 0.6 is 0 Å². The van der Waals surface area contributed by atoms with Crippen LogP contribution in [0.3, 0.4) is 0 Å². The van der Waals surface area contributed by atoms with E-state index < -0.39 is 11.9 Å². The summed E-state index contributed by atoms with van der Waals surface area (Å²) in [6.07, 6.45) is 0. The monoisotopic (exact) mass is 124 g/mol. The molecule has 0 aromatic heterocycles. The maximum Gasteiger partial charge on any atom is 0.307 e. The van der Waals surface area contributed by atoms with Gasteiger partial charge in [-0.2, -0.15) is 8.78 Å². The van der Waals surface area contributed by atoms with Crippen molar-refractivity contribution in [2.24, 2.45) is 10.3 Å². The molecule has 0 bridgehead atoms. The molecule has 0 amide bonds. The second-order valence-corrected chi connectivity index (χ2v) is 0.782. The Morgan fingerprint density at radius 2 is 1.25 bits per heavy atom. The van der Waals surface area contributed by atoms with Gasteiger partial charge in [-0.1, -0.05) is 10.3 Å². The summed E-state index contributed by atoms with van der Waals surface area (Å²) in [5, 5.41) is 18.3. The van der Waals surface area contributed by atoms with Gasteiger partial charge in [0.15, 0.2) is 0 Å². The van der Waals surface area contributed by atoms with Crippen LogP contribution in [0.5, 0.6) is 0 Å². The van der Waals surface area contributed by atoms with Gasteiger partial charge in [0.25, 0.3) is 0 Å². The zero-order chi connectivity index (χ0) is 6.57. The summed E-state index contributed by atoms with van der Waals surface area (Å²) < 4.78 is 22.7. The molecule has 0 saturated carbocycles. The van der Waals surface area contributed by atoms with Gasteiger partial charge in [-0.05, 0) is 0 Å². The summed E-state index contributed by atoms with van der Waals surface area (Å²) in [6, 6.07) is 0. The van der Waals surface area contributed by atoms with Crippen LogP contribution in [0.1, 0.15) is 0 Å². The molecule has 0 heterocycles. The molecule has 0 unspecified atom stereocenters. The summed E-state index contributed by atoms with van der Waals surface area (Å²) >= 11 is 0. The van der Waals surface area contributed by atoms with Gasteiger partial charge in [-0.3, -0.25) is 0 Å². The van der Waals surface area contributed by atoms with E-state index in [0.717, 1.165) is 0 Å². The van der Waals surface area contributed by atoms with E-state index in [9.17, 15) is 8.78 Å². The SMILES string of the molecule is ON=C(F)C(F)=NO. The predicted molar refractivity (Wildman–Crippen MR) is 20.7 cm³/mol. The third-order valence-corrected chi connectivity index (χ3v) is 0.346. The summed E-state index contributed by atoms with van der Waals surface area (Å²) in [7, 11) is 0. The molecule has 46 valence electrons. The van der Waals surface area contributed by atoms with Gasteiger partial charge in [0.2, 0.25) is 0 Å². The van der Waals surface area contributed by atoms with Crippen LogP contribution in [0.15, 0.2) is 10.3 Å². The topological polar surface area (TPSA) is 65.2 Å². The lowest BCUT2D eigenvalue weighted by Gasteiger charge is -1.80. The fourth-order valence-electron chi connectivity index (χ4n) is 0.0825. The minimum absolute atomic E-state index is 1.74. The van der Waals surface area contributed by atoms with Crippen LogP contribution in [0, 0.1) is 0 Å². The van der Waals surface area contributed by atoms with E-state index in [-0.39, 0.29) is 0 Å². The summed E-state index contributed by atoms with van der Waals surface area (Å²) in [5.41, 5.74) is 0. The zero-order valence-corrected chi connectivity index (χ0v) is 3.54. The van der Waals surface area contributed by atoms with Crippen LogP contribution < -0.4 is 0 Å². The highest BCUT2D eigenvalue weighted by Gasteiger charge is 2.05. The minimum atomic E-state index is -1.85. The van der Waals surface area contributed by atoms with Gasteiger partial charge < -0.3 is 10.4 Å². The molecule has 6 heteroatoms. The summed E-state index contributed by atoms with van der Waals surface area (Å²) in [4.78, 5) is 0. The molecule has 0 aliphatic heterocycles. The fourth-order valence-corrected chi connectivity index (χ4v) is 0.0825. The first-order chi connectivity index (χ1) is 3.72. The highest BCUT2D eigenvalue weighted by atomic mass is 19.2. The average molecular weight is 124 g/mol. The standard InChI is InChI=1S/C2H2F2N2O2/c3-1(5-7)2(4)6-8/h7-8H. The molecular weight excluding hydrogens is 122 g/mol. The second-order valence-electron chi connectivity index (χ2n) is 0.782.